The van der Waals surface area contributed by atoms with Crippen LogP contribution in [0.2, 0.25) is 0 Å². The van der Waals surface area contributed by atoms with Crippen LogP contribution in [-0.4, -0.2) is 41.0 Å². The van der Waals surface area contributed by atoms with Gasteiger partial charge in [-0.3, -0.25) is 9.78 Å². The molecule has 1 saturated heterocycles. The summed E-state index contributed by atoms with van der Waals surface area (Å²) in [5.41, 5.74) is 0.562. The number of likely N-dealkylation sites (tertiary alicyclic amines) is 1. The summed E-state index contributed by atoms with van der Waals surface area (Å²) in [5, 5.41) is 5.75. The van der Waals surface area contributed by atoms with E-state index < -0.39 is 6.04 Å². The summed E-state index contributed by atoms with van der Waals surface area (Å²) in [6.07, 6.45) is 5.59. The van der Waals surface area contributed by atoms with Crippen LogP contribution in [-0.2, 0) is 4.79 Å². The van der Waals surface area contributed by atoms with E-state index in [1.807, 2.05) is 19.1 Å². The van der Waals surface area contributed by atoms with Crippen molar-refractivity contribution in [2.24, 2.45) is 0 Å². The van der Waals surface area contributed by atoms with Gasteiger partial charge in [0.1, 0.15) is 11.8 Å². The smallest absolute Gasteiger partial charge is 0.318 e. The number of hydrogen-bond acceptors (Lipinski definition) is 4. The molecule has 2 N–H and O–H groups in total. The molecule has 27 heavy (non-hydrogen) atoms. The first-order valence-corrected chi connectivity index (χ1v) is 9.21. The van der Waals surface area contributed by atoms with E-state index in [9.17, 15) is 9.59 Å². The molecule has 0 spiro atoms. The van der Waals surface area contributed by atoms with E-state index in [4.69, 9.17) is 4.74 Å². The molecule has 0 saturated carbocycles. The second-order valence-electron chi connectivity index (χ2n) is 6.36. The Morgan fingerprint density at radius 1 is 1.26 bits per heavy atom. The fourth-order valence-corrected chi connectivity index (χ4v) is 3.03. The lowest BCUT2D eigenvalue weighted by molar-refractivity contribution is -0.119. The minimum atomic E-state index is -0.478. The quantitative estimate of drug-likeness (QED) is 0.819. The average Bonchev–Trinajstić information content (AvgIpc) is 3.18. The predicted octanol–water partition coefficient (Wildman–Crippen LogP) is 3.40. The van der Waals surface area contributed by atoms with Crippen molar-refractivity contribution in [1.82, 2.24) is 15.2 Å². The number of aromatic nitrogens is 1. The van der Waals surface area contributed by atoms with Gasteiger partial charge in [0.05, 0.1) is 11.9 Å². The number of para-hydroxylation sites is 2. The molecule has 1 aliphatic rings. The van der Waals surface area contributed by atoms with Crippen LogP contribution in [0.25, 0.3) is 0 Å². The van der Waals surface area contributed by atoms with Crippen LogP contribution < -0.4 is 15.4 Å². The van der Waals surface area contributed by atoms with E-state index in [2.05, 4.69) is 15.6 Å². The molecule has 142 valence electrons. The van der Waals surface area contributed by atoms with Crippen LogP contribution >= 0.6 is 0 Å². The highest BCUT2D eigenvalue weighted by atomic mass is 16.5. The first-order chi connectivity index (χ1) is 13.2. The maximum Gasteiger partial charge on any atom is 0.318 e. The molecule has 2 aromatic rings. The Labute approximate surface area is 158 Å². The zero-order chi connectivity index (χ0) is 19.1. The number of hydrogen-bond donors (Lipinski definition) is 2. The second-order valence-corrected chi connectivity index (χ2v) is 6.36. The summed E-state index contributed by atoms with van der Waals surface area (Å²) in [6.45, 7) is 3.18. The van der Waals surface area contributed by atoms with E-state index in [-0.39, 0.29) is 11.9 Å². The SMILES string of the molecule is CCCNC(=O)N1CCCC1C(=O)Nc1ccccc1Oc1cccnc1. The molecule has 2 heterocycles. The molecular weight excluding hydrogens is 344 g/mol. The molecular formula is C20H24N4O3. The molecule has 7 nitrogen and oxygen atoms in total. The lowest BCUT2D eigenvalue weighted by Gasteiger charge is -2.24. The number of rotatable bonds is 6. The Balaban J connectivity index is 1.69. The van der Waals surface area contributed by atoms with Crippen LogP contribution in [0.1, 0.15) is 26.2 Å². The number of nitrogens with zero attached hydrogens (tertiary/aromatic N) is 2. The van der Waals surface area contributed by atoms with Crippen molar-refractivity contribution in [2.75, 3.05) is 18.4 Å². The van der Waals surface area contributed by atoms with Gasteiger partial charge in [-0.05, 0) is 43.5 Å². The Bertz CT molecular complexity index is 782. The number of amides is 3. The molecule has 1 fully saturated rings. The third-order valence-electron chi connectivity index (χ3n) is 4.35. The summed E-state index contributed by atoms with van der Waals surface area (Å²) in [6, 6.07) is 10.1. The van der Waals surface area contributed by atoms with Gasteiger partial charge in [-0.25, -0.2) is 4.79 Å². The molecule has 7 heteroatoms. The highest BCUT2D eigenvalue weighted by molar-refractivity contribution is 5.98. The maximum atomic E-state index is 12.8. The van der Waals surface area contributed by atoms with Crippen molar-refractivity contribution in [2.45, 2.75) is 32.2 Å². The van der Waals surface area contributed by atoms with E-state index in [1.165, 1.54) is 0 Å². The molecule has 1 atom stereocenters. The van der Waals surface area contributed by atoms with Crippen molar-refractivity contribution in [3.63, 3.8) is 0 Å². The Hall–Kier alpha value is -3.09. The summed E-state index contributed by atoms with van der Waals surface area (Å²) in [4.78, 5) is 30.7. The molecule has 0 aliphatic carbocycles. The summed E-state index contributed by atoms with van der Waals surface area (Å²) < 4.78 is 5.83. The monoisotopic (exact) mass is 368 g/mol. The number of pyridine rings is 1. The van der Waals surface area contributed by atoms with E-state index in [0.29, 0.717) is 36.7 Å². The van der Waals surface area contributed by atoms with Crippen LogP contribution in [0.5, 0.6) is 11.5 Å². The fourth-order valence-electron chi connectivity index (χ4n) is 3.03. The minimum absolute atomic E-state index is 0.186. The molecule has 1 unspecified atom stereocenters. The van der Waals surface area contributed by atoms with E-state index in [1.54, 1.807) is 41.6 Å². The fraction of sp³-hybridized carbons (Fsp3) is 0.350. The van der Waals surface area contributed by atoms with E-state index in [0.717, 1.165) is 12.8 Å². The number of carbonyl (C=O) groups is 2. The van der Waals surface area contributed by atoms with Gasteiger partial charge < -0.3 is 20.3 Å². The van der Waals surface area contributed by atoms with E-state index >= 15 is 0 Å². The van der Waals surface area contributed by atoms with Crippen molar-refractivity contribution in [3.8, 4) is 11.5 Å². The number of anilines is 1. The number of benzene rings is 1. The molecule has 1 aromatic carbocycles. The Kier molecular flexibility index (Phi) is 6.25. The van der Waals surface area contributed by atoms with Gasteiger partial charge in [0.15, 0.2) is 5.75 Å². The van der Waals surface area contributed by atoms with Crippen molar-refractivity contribution >= 4 is 17.6 Å². The highest BCUT2D eigenvalue weighted by Gasteiger charge is 2.34. The predicted molar refractivity (Wildman–Crippen MR) is 103 cm³/mol. The first kappa shape index (κ1) is 18.7. The first-order valence-electron chi connectivity index (χ1n) is 9.21. The van der Waals surface area contributed by atoms with Crippen molar-refractivity contribution in [1.29, 1.82) is 0 Å². The molecule has 1 aliphatic heterocycles. The summed E-state index contributed by atoms with van der Waals surface area (Å²) in [5.74, 6) is 0.904. The normalized spacial score (nSPS) is 16.0. The van der Waals surface area contributed by atoms with Crippen LogP contribution in [0.3, 0.4) is 0 Å². The largest absolute Gasteiger partial charge is 0.454 e. The van der Waals surface area contributed by atoms with Crippen LogP contribution in [0.15, 0.2) is 48.8 Å². The standard InChI is InChI=1S/C20H24N4O3/c1-2-11-22-20(26)24-13-6-9-17(24)19(25)23-16-8-3-4-10-18(16)27-15-7-5-12-21-14-15/h3-5,7-8,10,12,14,17H,2,6,9,11,13H2,1H3,(H,22,26)(H,23,25). The van der Waals surface area contributed by atoms with Gasteiger partial charge in [0.2, 0.25) is 5.91 Å². The van der Waals surface area contributed by atoms with Gasteiger partial charge >= 0.3 is 6.03 Å². The average molecular weight is 368 g/mol. The lowest BCUT2D eigenvalue weighted by Crippen LogP contribution is -2.47. The number of nitrogens with one attached hydrogen (secondary N) is 2. The zero-order valence-electron chi connectivity index (χ0n) is 15.4. The minimum Gasteiger partial charge on any atom is -0.454 e. The van der Waals surface area contributed by atoms with Gasteiger partial charge in [-0.2, -0.15) is 0 Å². The zero-order valence-corrected chi connectivity index (χ0v) is 15.4. The van der Waals surface area contributed by atoms with Crippen LogP contribution in [0.4, 0.5) is 10.5 Å². The molecule has 3 amide bonds. The van der Waals surface area contributed by atoms with Crippen molar-refractivity contribution < 1.29 is 14.3 Å². The van der Waals surface area contributed by atoms with Gasteiger partial charge in [0, 0.05) is 19.3 Å². The van der Waals surface area contributed by atoms with Gasteiger partial charge in [0.25, 0.3) is 0 Å². The summed E-state index contributed by atoms with van der Waals surface area (Å²) >= 11 is 0. The topological polar surface area (TPSA) is 83.6 Å². The van der Waals surface area contributed by atoms with Crippen LogP contribution in [0, 0.1) is 0 Å². The third-order valence-corrected chi connectivity index (χ3v) is 4.35. The second kappa shape index (κ2) is 9.02. The van der Waals surface area contributed by atoms with Gasteiger partial charge in [-0.15, -0.1) is 0 Å². The molecule has 0 bridgehead atoms. The number of ether oxygens (including phenoxy) is 1. The third kappa shape index (κ3) is 4.75. The van der Waals surface area contributed by atoms with Crippen molar-refractivity contribution in [3.05, 3.63) is 48.8 Å². The Morgan fingerprint density at radius 3 is 2.89 bits per heavy atom. The number of urea groups is 1. The lowest BCUT2D eigenvalue weighted by atomic mass is 10.2. The molecule has 1 aromatic heterocycles. The molecule has 3 rings (SSSR count). The highest BCUT2D eigenvalue weighted by Crippen LogP contribution is 2.29. The molecule has 0 radical (unpaired) electrons. The maximum absolute atomic E-state index is 12.8. The number of carbonyl (C=O) groups excluding carboxylic acids is 2. The van der Waals surface area contributed by atoms with Gasteiger partial charge in [-0.1, -0.05) is 19.1 Å². The summed E-state index contributed by atoms with van der Waals surface area (Å²) in [7, 11) is 0. The Morgan fingerprint density at radius 2 is 2.11 bits per heavy atom.